The van der Waals surface area contributed by atoms with E-state index >= 15 is 0 Å². The smallest absolute Gasteiger partial charge is 0.355 e. The molecule has 31 heavy (non-hydrogen) atoms. The molecule has 0 bridgehead atoms. The monoisotopic (exact) mass is 479 g/mol. The van der Waals surface area contributed by atoms with Gasteiger partial charge in [0.05, 0.1) is 21.0 Å². The van der Waals surface area contributed by atoms with Crippen LogP contribution in [0.3, 0.4) is 0 Å². The lowest BCUT2D eigenvalue weighted by atomic mass is 9.97. The van der Waals surface area contributed by atoms with Crippen LogP contribution >= 0.6 is 34.8 Å². The first-order chi connectivity index (χ1) is 14.7. The minimum atomic E-state index is -4.51. The number of aromatic amines is 1. The van der Waals surface area contributed by atoms with Gasteiger partial charge in [0.1, 0.15) is 0 Å². The van der Waals surface area contributed by atoms with Gasteiger partial charge in [-0.05, 0) is 41.0 Å². The largest absolute Gasteiger partial charge is 0.399 e. The summed E-state index contributed by atoms with van der Waals surface area (Å²) in [5.74, 6) is -1.87. The third kappa shape index (κ3) is 4.77. The molecule has 0 saturated carbocycles. The first-order valence-electron chi connectivity index (χ1n) is 9.30. The number of rotatable bonds is 4. The lowest BCUT2D eigenvalue weighted by Crippen LogP contribution is -2.19. The summed E-state index contributed by atoms with van der Waals surface area (Å²) in [6.45, 7) is 0. The van der Waals surface area contributed by atoms with Gasteiger partial charge in [0.15, 0.2) is 0 Å². The molecule has 0 fully saturated rings. The quantitative estimate of drug-likeness (QED) is 0.280. The average Bonchev–Trinajstić information content (AvgIpc) is 3.16. The molecular formula is C24H15Cl3F3N. The van der Waals surface area contributed by atoms with Crippen LogP contribution in [0, 0.1) is 0 Å². The van der Waals surface area contributed by atoms with E-state index in [0.29, 0.717) is 5.56 Å². The van der Waals surface area contributed by atoms with Gasteiger partial charge in [-0.1, -0.05) is 89.4 Å². The number of para-hydroxylation sites is 1. The molecule has 1 unspecified atom stereocenters. The SMILES string of the molecule is FC(F)(F)C(/C=C/c1ccc(-c2cc3ccccc3[nH]2)cc1)c1cc(Cl)c(Cl)c(Cl)c1. The summed E-state index contributed by atoms with van der Waals surface area (Å²) < 4.78 is 41.1. The Bertz CT molecular complexity index is 1200. The van der Waals surface area contributed by atoms with Crippen molar-refractivity contribution in [2.75, 3.05) is 0 Å². The Morgan fingerprint density at radius 3 is 2.10 bits per heavy atom. The molecule has 0 spiro atoms. The highest BCUT2D eigenvalue weighted by Crippen LogP contribution is 2.41. The van der Waals surface area contributed by atoms with Crippen molar-refractivity contribution in [3.05, 3.63) is 99.0 Å². The molecule has 0 aliphatic carbocycles. The zero-order valence-corrected chi connectivity index (χ0v) is 18.1. The van der Waals surface area contributed by atoms with Gasteiger partial charge in [-0.15, -0.1) is 0 Å². The van der Waals surface area contributed by atoms with Crippen molar-refractivity contribution in [3.63, 3.8) is 0 Å². The second-order valence-electron chi connectivity index (χ2n) is 7.07. The second kappa shape index (κ2) is 8.62. The molecule has 158 valence electrons. The summed E-state index contributed by atoms with van der Waals surface area (Å²) in [6, 6.07) is 19.6. The third-order valence-electron chi connectivity index (χ3n) is 4.95. The predicted octanol–water partition coefficient (Wildman–Crippen LogP) is 9.15. The minimum Gasteiger partial charge on any atom is -0.355 e. The van der Waals surface area contributed by atoms with Crippen molar-refractivity contribution < 1.29 is 13.2 Å². The van der Waals surface area contributed by atoms with Crippen molar-refractivity contribution in [1.29, 1.82) is 0 Å². The van der Waals surface area contributed by atoms with Crippen molar-refractivity contribution >= 4 is 51.8 Å². The van der Waals surface area contributed by atoms with E-state index in [1.165, 1.54) is 18.2 Å². The van der Waals surface area contributed by atoms with Crippen LogP contribution in [0.15, 0.2) is 72.8 Å². The second-order valence-corrected chi connectivity index (χ2v) is 8.26. The van der Waals surface area contributed by atoms with E-state index in [1.807, 2.05) is 42.5 Å². The number of aromatic nitrogens is 1. The number of hydrogen-bond donors (Lipinski definition) is 1. The van der Waals surface area contributed by atoms with Crippen LogP contribution in [0.5, 0.6) is 0 Å². The average molecular weight is 481 g/mol. The van der Waals surface area contributed by atoms with Crippen molar-refractivity contribution in [3.8, 4) is 11.3 Å². The van der Waals surface area contributed by atoms with Crippen LogP contribution in [-0.2, 0) is 0 Å². The lowest BCUT2D eigenvalue weighted by Gasteiger charge is -2.18. The maximum Gasteiger partial charge on any atom is 0.399 e. The molecule has 1 atom stereocenters. The van der Waals surface area contributed by atoms with Crippen molar-refractivity contribution in [2.24, 2.45) is 0 Å². The van der Waals surface area contributed by atoms with Gasteiger partial charge in [-0.3, -0.25) is 0 Å². The summed E-state index contributed by atoms with van der Waals surface area (Å²) >= 11 is 17.7. The lowest BCUT2D eigenvalue weighted by molar-refractivity contribution is -0.139. The van der Waals surface area contributed by atoms with Gasteiger partial charge in [-0.25, -0.2) is 0 Å². The number of alkyl halides is 3. The fraction of sp³-hybridized carbons (Fsp3) is 0.0833. The minimum absolute atomic E-state index is 0.0190. The normalized spacial score (nSPS) is 13.2. The Hall–Kier alpha value is -2.40. The van der Waals surface area contributed by atoms with E-state index in [2.05, 4.69) is 4.98 Å². The number of fused-ring (bicyclic) bond motifs is 1. The summed E-state index contributed by atoms with van der Waals surface area (Å²) in [7, 11) is 0. The van der Waals surface area contributed by atoms with E-state index in [4.69, 9.17) is 34.8 Å². The number of benzene rings is 3. The molecule has 0 aliphatic rings. The standard InChI is InChI=1S/C24H15Cl3F3N/c25-19-11-17(12-20(26)23(19)27)18(24(28,29)30)10-7-14-5-8-15(9-6-14)22-13-16-3-1-2-4-21(16)31-22/h1-13,18,31H/b10-7+. The number of H-pyrrole nitrogens is 1. The Morgan fingerprint density at radius 1 is 0.839 bits per heavy atom. The number of hydrogen-bond acceptors (Lipinski definition) is 0. The molecule has 1 N–H and O–H groups in total. The molecule has 4 aromatic rings. The molecule has 1 aromatic heterocycles. The third-order valence-corrected chi connectivity index (χ3v) is 6.15. The Kier molecular flexibility index (Phi) is 6.07. The Balaban J connectivity index is 1.61. The zero-order chi connectivity index (χ0) is 22.2. The van der Waals surface area contributed by atoms with Crippen molar-refractivity contribution in [2.45, 2.75) is 12.1 Å². The zero-order valence-electron chi connectivity index (χ0n) is 15.9. The number of nitrogens with one attached hydrogen (secondary N) is 1. The van der Waals surface area contributed by atoms with E-state index in [0.717, 1.165) is 28.2 Å². The summed E-state index contributed by atoms with van der Waals surface area (Å²) in [5.41, 5.74) is 3.47. The van der Waals surface area contributed by atoms with E-state index in [9.17, 15) is 13.2 Å². The van der Waals surface area contributed by atoms with Gasteiger partial charge in [0.25, 0.3) is 0 Å². The molecule has 7 heteroatoms. The molecule has 0 saturated heterocycles. The fourth-order valence-corrected chi connectivity index (χ4v) is 3.99. The van der Waals surface area contributed by atoms with Gasteiger partial charge < -0.3 is 4.98 Å². The summed E-state index contributed by atoms with van der Waals surface area (Å²) in [4.78, 5) is 3.34. The highest BCUT2D eigenvalue weighted by molar-refractivity contribution is 6.48. The first kappa shape index (κ1) is 21.8. The Labute approximate surface area is 192 Å². The van der Waals surface area contributed by atoms with Gasteiger partial charge in [-0.2, -0.15) is 13.2 Å². The summed E-state index contributed by atoms with van der Waals surface area (Å²) in [6.07, 6.45) is -1.99. The van der Waals surface area contributed by atoms with E-state index in [1.54, 1.807) is 12.1 Å². The molecule has 1 heterocycles. The van der Waals surface area contributed by atoms with Gasteiger partial charge in [0.2, 0.25) is 0 Å². The maximum absolute atomic E-state index is 13.7. The fourth-order valence-electron chi connectivity index (χ4n) is 3.37. The van der Waals surface area contributed by atoms with Crippen LogP contribution in [0.25, 0.3) is 28.2 Å². The molecule has 0 aliphatic heterocycles. The maximum atomic E-state index is 13.7. The van der Waals surface area contributed by atoms with Crippen LogP contribution < -0.4 is 0 Å². The molecule has 4 rings (SSSR count). The molecule has 3 aromatic carbocycles. The molecular weight excluding hydrogens is 466 g/mol. The first-order valence-corrected chi connectivity index (χ1v) is 10.4. The van der Waals surface area contributed by atoms with Crippen LogP contribution in [0.2, 0.25) is 15.1 Å². The molecule has 0 radical (unpaired) electrons. The van der Waals surface area contributed by atoms with Crippen molar-refractivity contribution in [1.82, 2.24) is 4.98 Å². The van der Waals surface area contributed by atoms with Gasteiger partial charge >= 0.3 is 6.18 Å². The van der Waals surface area contributed by atoms with Crippen LogP contribution in [0.1, 0.15) is 17.0 Å². The summed E-state index contributed by atoms with van der Waals surface area (Å²) in [5, 5.41) is 1.09. The highest BCUT2D eigenvalue weighted by atomic mass is 35.5. The number of halogens is 6. The van der Waals surface area contributed by atoms with E-state index in [-0.39, 0.29) is 20.6 Å². The Morgan fingerprint density at radius 2 is 1.48 bits per heavy atom. The molecule has 1 nitrogen and oxygen atoms in total. The molecule has 0 amide bonds. The number of allylic oxidation sites excluding steroid dienone is 1. The highest BCUT2D eigenvalue weighted by Gasteiger charge is 2.39. The van der Waals surface area contributed by atoms with Crippen LogP contribution in [0.4, 0.5) is 13.2 Å². The van der Waals surface area contributed by atoms with Crippen LogP contribution in [-0.4, -0.2) is 11.2 Å². The topological polar surface area (TPSA) is 15.8 Å². The van der Waals surface area contributed by atoms with E-state index < -0.39 is 12.1 Å². The van der Waals surface area contributed by atoms with Gasteiger partial charge in [0, 0.05) is 16.6 Å². The predicted molar refractivity (Wildman–Crippen MR) is 123 cm³/mol.